The smallest absolute Gasteiger partial charge is 0.253 e. The van der Waals surface area contributed by atoms with Crippen molar-refractivity contribution in [3.63, 3.8) is 0 Å². The van der Waals surface area contributed by atoms with Crippen molar-refractivity contribution in [3.8, 4) is 0 Å². The highest BCUT2D eigenvalue weighted by Crippen LogP contribution is 2.23. The number of amides is 1. The molecule has 1 N–H and O–H groups in total. The topological polar surface area (TPSA) is 49.4 Å². The fourth-order valence-corrected chi connectivity index (χ4v) is 3.39. The molecule has 1 fully saturated rings. The van der Waals surface area contributed by atoms with Crippen molar-refractivity contribution in [1.82, 2.24) is 4.90 Å². The van der Waals surface area contributed by atoms with E-state index in [4.69, 9.17) is 0 Å². The van der Waals surface area contributed by atoms with Crippen molar-refractivity contribution in [2.45, 2.75) is 19.8 Å². The molecular weight excluding hydrogens is 331 g/mol. The average Bonchev–Trinajstić information content (AvgIpc) is 2.66. The van der Waals surface area contributed by atoms with Gasteiger partial charge in [0.25, 0.3) is 5.91 Å². The summed E-state index contributed by atoms with van der Waals surface area (Å²) in [7, 11) is 0. The molecule has 0 aromatic heterocycles. The van der Waals surface area contributed by atoms with Gasteiger partial charge in [-0.3, -0.25) is 9.59 Å². The molecule has 0 bridgehead atoms. The number of piperidine rings is 1. The number of rotatable bonds is 5. The summed E-state index contributed by atoms with van der Waals surface area (Å²) < 4.78 is 13.9. The molecule has 2 aromatic rings. The summed E-state index contributed by atoms with van der Waals surface area (Å²) in [5.74, 6) is -0.321. The highest BCUT2D eigenvalue weighted by molar-refractivity contribution is 5.99. The molecule has 0 spiro atoms. The van der Waals surface area contributed by atoms with Crippen LogP contribution in [0.15, 0.2) is 48.5 Å². The second-order valence-electron chi connectivity index (χ2n) is 6.70. The number of anilines is 1. The number of nitrogens with one attached hydrogen (secondary N) is 1. The summed E-state index contributed by atoms with van der Waals surface area (Å²) in [4.78, 5) is 26.0. The maximum Gasteiger partial charge on any atom is 0.253 e. The lowest BCUT2D eigenvalue weighted by molar-refractivity contribution is 0.0694. The van der Waals surface area contributed by atoms with Gasteiger partial charge in [0.2, 0.25) is 0 Å². The van der Waals surface area contributed by atoms with Crippen LogP contribution < -0.4 is 5.32 Å². The van der Waals surface area contributed by atoms with Gasteiger partial charge in [0.15, 0.2) is 5.78 Å². The van der Waals surface area contributed by atoms with Gasteiger partial charge in [0, 0.05) is 30.9 Å². The molecule has 0 radical (unpaired) electrons. The minimum absolute atomic E-state index is 0.0704. The molecule has 1 amide bonds. The summed E-state index contributed by atoms with van der Waals surface area (Å²) in [6, 6.07) is 13.9. The molecule has 26 heavy (non-hydrogen) atoms. The number of hydrogen-bond donors (Lipinski definition) is 1. The third-order valence-corrected chi connectivity index (χ3v) is 4.87. The van der Waals surface area contributed by atoms with E-state index in [0.29, 0.717) is 31.2 Å². The highest BCUT2D eigenvalue weighted by atomic mass is 19.1. The predicted molar refractivity (Wildman–Crippen MR) is 100.0 cm³/mol. The average molecular weight is 354 g/mol. The third-order valence-electron chi connectivity index (χ3n) is 4.87. The number of carbonyl (C=O) groups is 2. The second-order valence-corrected chi connectivity index (χ2v) is 6.70. The minimum Gasteiger partial charge on any atom is -0.384 e. The number of likely N-dealkylation sites (tertiary alicyclic amines) is 1. The number of halogens is 1. The monoisotopic (exact) mass is 354 g/mol. The van der Waals surface area contributed by atoms with Gasteiger partial charge in [-0.25, -0.2) is 4.39 Å². The van der Waals surface area contributed by atoms with E-state index >= 15 is 0 Å². The fourth-order valence-electron chi connectivity index (χ4n) is 3.39. The van der Waals surface area contributed by atoms with Crippen LogP contribution in [-0.4, -0.2) is 36.2 Å². The van der Waals surface area contributed by atoms with E-state index in [9.17, 15) is 14.0 Å². The Balaban J connectivity index is 1.55. The fraction of sp³-hybridized carbons (Fsp3) is 0.333. The number of hydrogen-bond acceptors (Lipinski definition) is 3. The predicted octanol–water partition coefficient (Wildman–Crippen LogP) is 3.99. The molecule has 1 aliphatic rings. The first-order valence-electron chi connectivity index (χ1n) is 8.94. The maximum absolute atomic E-state index is 13.9. The Labute approximate surface area is 153 Å². The molecule has 1 saturated heterocycles. The molecule has 0 unspecified atom stereocenters. The number of Topliss-reactive ketones (excluding diaryl/α,β-unsaturated/α-hetero) is 1. The van der Waals surface area contributed by atoms with E-state index in [0.717, 1.165) is 18.4 Å². The van der Waals surface area contributed by atoms with E-state index in [1.165, 1.54) is 13.0 Å². The first kappa shape index (κ1) is 18.1. The van der Waals surface area contributed by atoms with Crippen LogP contribution >= 0.6 is 0 Å². The van der Waals surface area contributed by atoms with Crippen LogP contribution in [0.2, 0.25) is 0 Å². The van der Waals surface area contributed by atoms with Crippen LogP contribution in [0.3, 0.4) is 0 Å². The van der Waals surface area contributed by atoms with E-state index in [1.54, 1.807) is 12.1 Å². The van der Waals surface area contributed by atoms with E-state index in [1.807, 2.05) is 35.2 Å². The molecule has 5 heteroatoms. The molecular formula is C21H23FN2O2. The largest absolute Gasteiger partial charge is 0.384 e. The van der Waals surface area contributed by atoms with Gasteiger partial charge in [-0.15, -0.1) is 0 Å². The van der Waals surface area contributed by atoms with Crippen molar-refractivity contribution in [3.05, 3.63) is 65.5 Å². The van der Waals surface area contributed by atoms with E-state index in [2.05, 4.69) is 5.32 Å². The summed E-state index contributed by atoms with van der Waals surface area (Å²) in [5.41, 5.74) is 1.37. The standard InChI is InChI=1S/C21H23FN2O2/c1-15(25)20-18(22)8-5-9-19(20)23-14-16-10-12-24(13-11-16)21(26)17-6-3-2-4-7-17/h2-9,16,23H,10-14H2,1H3. The molecule has 0 aliphatic carbocycles. The van der Waals surface area contributed by atoms with Crippen LogP contribution in [0, 0.1) is 11.7 Å². The Morgan fingerprint density at radius 2 is 1.77 bits per heavy atom. The van der Waals surface area contributed by atoms with Crippen molar-refractivity contribution in [2.75, 3.05) is 25.0 Å². The molecule has 4 nitrogen and oxygen atoms in total. The van der Waals surface area contributed by atoms with Gasteiger partial charge >= 0.3 is 0 Å². The Morgan fingerprint density at radius 3 is 2.42 bits per heavy atom. The zero-order valence-corrected chi connectivity index (χ0v) is 14.9. The van der Waals surface area contributed by atoms with Crippen LogP contribution in [0.5, 0.6) is 0 Å². The van der Waals surface area contributed by atoms with Crippen molar-refractivity contribution >= 4 is 17.4 Å². The van der Waals surface area contributed by atoms with Gasteiger partial charge in [0.1, 0.15) is 5.82 Å². The van der Waals surface area contributed by atoms with Gasteiger partial charge in [-0.2, -0.15) is 0 Å². The lowest BCUT2D eigenvalue weighted by Crippen LogP contribution is -2.39. The molecule has 1 heterocycles. The maximum atomic E-state index is 13.9. The zero-order valence-electron chi connectivity index (χ0n) is 14.9. The SMILES string of the molecule is CC(=O)c1c(F)cccc1NCC1CCN(C(=O)c2ccccc2)CC1. The Kier molecular flexibility index (Phi) is 5.66. The third kappa shape index (κ3) is 4.10. The number of carbonyl (C=O) groups excluding carboxylic acids is 2. The summed E-state index contributed by atoms with van der Waals surface area (Å²) in [5, 5.41) is 3.22. The molecule has 0 saturated carbocycles. The highest BCUT2D eigenvalue weighted by Gasteiger charge is 2.24. The summed E-state index contributed by atoms with van der Waals surface area (Å²) in [6.45, 7) is 3.46. The van der Waals surface area contributed by atoms with Crippen molar-refractivity contribution in [1.29, 1.82) is 0 Å². The lowest BCUT2D eigenvalue weighted by atomic mass is 9.96. The van der Waals surface area contributed by atoms with Crippen LogP contribution in [0.4, 0.5) is 10.1 Å². The Hall–Kier alpha value is -2.69. The van der Waals surface area contributed by atoms with E-state index in [-0.39, 0.29) is 17.3 Å². The Bertz CT molecular complexity index is 784. The molecule has 3 rings (SSSR count). The molecule has 2 aromatic carbocycles. The minimum atomic E-state index is -0.495. The quantitative estimate of drug-likeness (QED) is 0.826. The first-order valence-corrected chi connectivity index (χ1v) is 8.94. The van der Waals surface area contributed by atoms with Gasteiger partial charge < -0.3 is 10.2 Å². The molecule has 0 atom stereocenters. The van der Waals surface area contributed by atoms with Crippen molar-refractivity contribution < 1.29 is 14.0 Å². The van der Waals surface area contributed by atoms with Gasteiger partial charge in [-0.1, -0.05) is 24.3 Å². The summed E-state index contributed by atoms with van der Waals surface area (Å²) in [6.07, 6.45) is 1.77. The van der Waals surface area contributed by atoms with Crippen molar-refractivity contribution in [2.24, 2.45) is 5.92 Å². The lowest BCUT2D eigenvalue weighted by Gasteiger charge is -2.32. The molecule has 1 aliphatic heterocycles. The Morgan fingerprint density at radius 1 is 1.08 bits per heavy atom. The van der Waals surface area contributed by atoms with Crippen LogP contribution in [0.1, 0.15) is 40.5 Å². The number of ketones is 1. The van der Waals surface area contributed by atoms with E-state index < -0.39 is 5.82 Å². The number of benzene rings is 2. The normalized spacial score (nSPS) is 14.9. The first-order chi connectivity index (χ1) is 12.6. The van der Waals surface area contributed by atoms with Gasteiger partial charge in [0.05, 0.1) is 5.56 Å². The second kappa shape index (κ2) is 8.13. The summed E-state index contributed by atoms with van der Waals surface area (Å²) >= 11 is 0. The van der Waals surface area contributed by atoms with Crippen LogP contribution in [0.25, 0.3) is 0 Å². The zero-order chi connectivity index (χ0) is 18.5. The van der Waals surface area contributed by atoms with Gasteiger partial charge in [-0.05, 0) is 49.9 Å². The van der Waals surface area contributed by atoms with Crippen LogP contribution in [-0.2, 0) is 0 Å². The number of nitrogens with zero attached hydrogens (tertiary/aromatic N) is 1. The molecule has 136 valence electrons.